The summed E-state index contributed by atoms with van der Waals surface area (Å²) in [5, 5.41) is 3.05. The first kappa shape index (κ1) is 13.9. The Bertz CT molecular complexity index is 423. The molecule has 1 aliphatic carbocycles. The van der Waals surface area contributed by atoms with E-state index < -0.39 is 0 Å². The van der Waals surface area contributed by atoms with Gasteiger partial charge in [-0.2, -0.15) is 0 Å². The van der Waals surface area contributed by atoms with Crippen LogP contribution >= 0.6 is 0 Å². The number of carbonyl (C=O) groups is 1. The molecular weight excluding hydrogens is 240 g/mol. The highest BCUT2D eigenvalue weighted by molar-refractivity contribution is 5.79. The van der Waals surface area contributed by atoms with Crippen LogP contribution < -0.4 is 5.32 Å². The highest BCUT2D eigenvalue weighted by Gasteiger charge is 2.22. The van der Waals surface area contributed by atoms with E-state index in [0.29, 0.717) is 6.54 Å². The van der Waals surface area contributed by atoms with Gasteiger partial charge in [0, 0.05) is 12.5 Å². The normalized spacial score (nSPS) is 20.5. The Balaban J connectivity index is 1.88. The van der Waals surface area contributed by atoms with E-state index in [0.717, 1.165) is 25.0 Å². The molecule has 0 bridgehead atoms. The maximum atomic E-state index is 12.1. The van der Waals surface area contributed by atoms with Gasteiger partial charge in [-0.05, 0) is 45.5 Å². The summed E-state index contributed by atoms with van der Waals surface area (Å²) >= 11 is 0. The van der Waals surface area contributed by atoms with Gasteiger partial charge >= 0.3 is 0 Å². The minimum absolute atomic E-state index is 0.0816. The first-order chi connectivity index (χ1) is 9.18. The fourth-order valence-corrected chi connectivity index (χ4v) is 2.39. The third-order valence-corrected chi connectivity index (χ3v) is 3.60. The smallest absolute Gasteiger partial charge is 0.223 e. The molecule has 1 amide bonds. The van der Waals surface area contributed by atoms with Crippen LogP contribution in [0, 0.1) is 5.92 Å². The molecule has 19 heavy (non-hydrogen) atoms. The van der Waals surface area contributed by atoms with Crippen molar-refractivity contribution in [3.8, 4) is 0 Å². The summed E-state index contributed by atoms with van der Waals surface area (Å²) < 4.78 is 5.43. The summed E-state index contributed by atoms with van der Waals surface area (Å²) in [6.45, 7) is 0.583. The zero-order valence-electron chi connectivity index (χ0n) is 11.6. The maximum absolute atomic E-state index is 12.1. The molecule has 4 nitrogen and oxygen atoms in total. The average Bonchev–Trinajstić information content (AvgIpc) is 2.93. The lowest BCUT2D eigenvalue weighted by Gasteiger charge is -2.24. The number of furan rings is 1. The molecule has 1 aromatic heterocycles. The van der Waals surface area contributed by atoms with Crippen molar-refractivity contribution in [1.82, 2.24) is 10.2 Å². The van der Waals surface area contributed by atoms with Gasteiger partial charge in [-0.15, -0.1) is 0 Å². The van der Waals surface area contributed by atoms with Crippen molar-refractivity contribution in [3.63, 3.8) is 0 Å². The van der Waals surface area contributed by atoms with Gasteiger partial charge in [0.05, 0.1) is 12.3 Å². The molecule has 2 atom stereocenters. The summed E-state index contributed by atoms with van der Waals surface area (Å²) in [5.74, 6) is 1.17. The lowest BCUT2D eigenvalue weighted by atomic mass is 9.93. The highest BCUT2D eigenvalue weighted by Crippen LogP contribution is 2.20. The Morgan fingerprint density at radius 3 is 2.95 bits per heavy atom. The zero-order valence-corrected chi connectivity index (χ0v) is 11.6. The minimum atomic E-state index is 0.0816. The largest absolute Gasteiger partial charge is 0.468 e. The molecule has 0 aromatic carbocycles. The van der Waals surface area contributed by atoms with Crippen LogP contribution in [0.3, 0.4) is 0 Å². The van der Waals surface area contributed by atoms with Gasteiger partial charge in [-0.25, -0.2) is 0 Å². The van der Waals surface area contributed by atoms with Crippen LogP contribution in [0.25, 0.3) is 0 Å². The molecule has 0 saturated heterocycles. The lowest BCUT2D eigenvalue weighted by molar-refractivity contribution is -0.125. The van der Waals surface area contributed by atoms with E-state index in [1.54, 1.807) is 6.26 Å². The van der Waals surface area contributed by atoms with E-state index in [-0.39, 0.29) is 17.9 Å². The summed E-state index contributed by atoms with van der Waals surface area (Å²) in [5.41, 5.74) is 0. The first-order valence-corrected chi connectivity index (χ1v) is 6.81. The second-order valence-corrected chi connectivity index (χ2v) is 5.22. The standard InChI is InChI=1S/C15H22N2O2/c1-17(2)13(14-9-6-10-19-14)11-16-15(18)12-7-4-3-5-8-12/h3-4,6,9-10,12-13H,5,7-8,11H2,1-2H3,(H,16,18). The van der Waals surface area contributed by atoms with Crippen LogP contribution in [0.4, 0.5) is 0 Å². The Morgan fingerprint density at radius 2 is 2.37 bits per heavy atom. The van der Waals surface area contributed by atoms with Crippen molar-refractivity contribution >= 4 is 5.91 Å². The molecule has 0 spiro atoms. The number of carbonyl (C=O) groups excluding carboxylic acids is 1. The number of hydrogen-bond donors (Lipinski definition) is 1. The number of likely N-dealkylation sites (N-methyl/N-ethyl adjacent to an activating group) is 1. The van der Waals surface area contributed by atoms with Gasteiger partial charge in [0.1, 0.15) is 5.76 Å². The van der Waals surface area contributed by atoms with Crippen molar-refractivity contribution in [2.24, 2.45) is 5.92 Å². The molecule has 1 heterocycles. The Kier molecular flexibility index (Phi) is 4.80. The van der Waals surface area contributed by atoms with Crippen LogP contribution in [0.2, 0.25) is 0 Å². The molecule has 104 valence electrons. The molecule has 2 unspecified atom stereocenters. The number of amides is 1. The van der Waals surface area contributed by atoms with Crippen LogP contribution in [0.1, 0.15) is 31.1 Å². The topological polar surface area (TPSA) is 45.5 Å². The van der Waals surface area contributed by atoms with E-state index in [1.165, 1.54) is 0 Å². The quantitative estimate of drug-likeness (QED) is 0.829. The molecule has 2 rings (SSSR count). The van der Waals surface area contributed by atoms with Crippen LogP contribution in [-0.2, 0) is 4.79 Å². The van der Waals surface area contributed by atoms with E-state index in [2.05, 4.69) is 22.4 Å². The van der Waals surface area contributed by atoms with Gasteiger partial charge in [-0.3, -0.25) is 9.69 Å². The fourth-order valence-electron chi connectivity index (χ4n) is 2.39. The average molecular weight is 262 g/mol. The lowest BCUT2D eigenvalue weighted by Crippen LogP contribution is -2.37. The van der Waals surface area contributed by atoms with E-state index >= 15 is 0 Å². The fraction of sp³-hybridized carbons (Fsp3) is 0.533. The summed E-state index contributed by atoms with van der Waals surface area (Å²) in [7, 11) is 3.98. The minimum Gasteiger partial charge on any atom is -0.468 e. The predicted octanol–water partition coefficient (Wildman–Crippen LogP) is 2.35. The summed E-state index contributed by atoms with van der Waals surface area (Å²) in [4.78, 5) is 14.2. The Morgan fingerprint density at radius 1 is 1.53 bits per heavy atom. The summed E-state index contributed by atoms with van der Waals surface area (Å²) in [6, 6.07) is 3.90. The van der Waals surface area contributed by atoms with Crippen molar-refractivity contribution in [2.75, 3.05) is 20.6 Å². The van der Waals surface area contributed by atoms with Gasteiger partial charge in [0.2, 0.25) is 5.91 Å². The maximum Gasteiger partial charge on any atom is 0.223 e. The Labute approximate surface area is 114 Å². The van der Waals surface area contributed by atoms with Crippen LogP contribution in [0.15, 0.2) is 35.0 Å². The number of allylic oxidation sites excluding steroid dienone is 2. The highest BCUT2D eigenvalue weighted by atomic mass is 16.3. The number of rotatable bonds is 5. The van der Waals surface area contributed by atoms with E-state index in [4.69, 9.17) is 4.42 Å². The molecule has 0 aliphatic heterocycles. The van der Waals surface area contributed by atoms with Gasteiger partial charge in [-0.1, -0.05) is 12.2 Å². The Hall–Kier alpha value is -1.55. The molecule has 1 N–H and O–H groups in total. The molecule has 0 radical (unpaired) electrons. The third kappa shape index (κ3) is 3.70. The van der Waals surface area contributed by atoms with Crippen molar-refractivity contribution in [2.45, 2.75) is 25.3 Å². The molecule has 0 saturated carbocycles. The zero-order chi connectivity index (χ0) is 13.7. The van der Waals surface area contributed by atoms with Crippen molar-refractivity contribution in [1.29, 1.82) is 0 Å². The second kappa shape index (κ2) is 6.57. The predicted molar refractivity (Wildman–Crippen MR) is 74.6 cm³/mol. The van der Waals surface area contributed by atoms with Gasteiger partial charge < -0.3 is 9.73 Å². The molecule has 1 aromatic rings. The molecule has 4 heteroatoms. The first-order valence-electron chi connectivity index (χ1n) is 6.81. The molecule has 0 fully saturated rings. The summed E-state index contributed by atoms with van der Waals surface area (Å²) in [6.07, 6.45) is 8.74. The van der Waals surface area contributed by atoms with Crippen molar-refractivity contribution < 1.29 is 9.21 Å². The SMILES string of the molecule is CN(C)C(CNC(=O)C1CC=CCC1)c1ccco1. The van der Waals surface area contributed by atoms with Gasteiger partial charge in [0.25, 0.3) is 0 Å². The van der Waals surface area contributed by atoms with Crippen LogP contribution in [0.5, 0.6) is 0 Å². The van der Waals surface area contributed by atoms with Crippen LogP contribution in [-0.4, -0.2) is 31.4 Å². The van der Waals surface area contributed by atoms with Gasteiger partial charge in [0.15, 0.2) is 0 Å². The molecular formula is C15H22N2O2. The molecule has 1 aliphatic rings. The van der Waals surface area contributed by atoms with Crippen molar-refractivity contribution in [3.05, 3.63) is 36.3 Å². The van der Waals surface area contributed by atoms with E-state index in [9.17, 15) is 4.79 Å². The number of hydrogen-bond acceptors (Lipinski definition) is 3. The third-order valence-electron chi connectivity index (χ3n) is 3.60. The number of nitrogens with zero attached hydrogens (tertiary/aromatic N) is 1. The number of nitrogens with one attached hydrogen (secondary N) is 1. The van der Waals surface area contributed by atoms with E-state index in [1.807, 2.05) is 26.2 Å². The monoisotopic (exact) mass is 262 g/mol. The second-order valence-electron chi connectivity index (χ2n) is 5.22.